The Bertz CT molecular complexity index is 950. The van der Waals surface area contributed by atoms with Gasteiger partial charge in [-0.3, -0.25) is 4.99 Å². The van der Waals surface area contributed by atoms with Crippen molar-refractivity contribution in [3.8, 4) is 11.8 Å². The van der Waals surface area contributed by atoms with Crippen LogP contribution in [0.2, 0.25) is 0 Å². The Hall–Kier alpha value is -2.68. The van der Waals surface area contributed by atoms with Crippen molar-refractivity contribution in [2.24, 2.45) is 4.99 Å². The van der Waals surface area contributed by atoms with Gasteiger partial charge in [0.15, 0.2) is 5.96 Å². The molecule has 0 spiro atoms. The zero-order valence-corrected chi connectivity index (χ0v) is 19.9. The molecule has 0 aliphatic carbocycles. The molecule has 0 saturated carbocycles. The quantitative estimate of drug-likeness (QED) is 0.315. The Balaban J connectivity index is 0.00000363. The van der Waals surface area contributed by atoms with Crippen LogP contribution in [0.15, 0.2) is 47.5 Å². The maximum atomic E-state index is 14.0. The fourth-order valence-electron chi connectivity index (χ4n) is 3.51. The summed E-state index contributed by atoms with van der Waals surface area (Å²) >= 11 is 0. The van der Waals surface area contributed by atoms with Crippen LogP contribution in [0.25, 0.3) is 0 Å². The monoisotopic (exact) mass is 559 g/mol. The van der Waals surface area contributed by atoms with Gasteiger partial charge >= 0.3 is 6.61 Å². The molecule has 1 aliphatic rings. The predicted octanol–water partition coefficient (Wildman–Crippen LogP) is 4.25. The summed E-state index contributed by atoms with van der Waals surface area (Å²) in [5, 5.41) is 15.4. The van der Waals surface area contributed by atoms with Crippen LogP contribution in [0.3, 0.4) is 0 Å². The molecule has 3 rings (SSSR count). The number of hydrogen-bond acceptors (Lipinski definition) is 4. The standard InChI is InChI=1S/C22H24F3N5O.HI/c1-27-22(28-13-16-11-15(12-26)4-9-20(16)23)29-17-3-2-10-30(14-17)18-5-7-19(8-6-18)31-21(24)25;/h4-9,11,17,21H,2-3,10,13-14H2,1H3,(H2,27,28,29);1H. The van der Waals surface area contributed by atoms with Crippen LogP contribution in [0.4, 0.5) is 18.9 Å². The third-order valence-corrected chi connectivity index (χ3v) is 5.03. The lowest BCUT2D eigenvalue weighted by atomic mass is 10.0. The first-order chi connectivity index (χ1) is 15.0. The number of piperidine rings is 1. The minimum Gasteiger partial charge on any atom is -0.435 e. The van der Waals surface area contributed by atoms with Gasteiger partial charge < -0.3 is 20.3 Å². The lowest BCUT2D eigenvalue weighted by Crippen LogP contribution is -2.51. The van der Waals surface area contributed by atoms with Crippen molar-refractivity contribution >= 4 is 35.6 Å². The minimum absolute atomic E-state index is 0. The fraction of sp³-hybridized carbons (Fsp3) is 0.364. The van der Waals surface area contributed by atoms with E-state index in [0.717, 1.165) is 25.1 Å². The van der Waals surface area contributed by atoms with Crippen LogP contribution in [0.1, 0.15) is 24.0 Å². The number of benzene rings is 2. The summed E-state index contributed by atoms with van der Waals surface area (Å²) in [6.07, 6.45) is 1.88. The second kappa shape index (κ2) is 12.4. The average molecular weight is 559 g/mol. The number of rotatable bonds is 6. The Labute approximate surface area is 202 Å². The smallest absolute Gasteiger partial charge is 0.387 e. The molecule has 1 fully saturated rings. The molecule has 32 heavy (non-hydrogen) atoms. The van der Waals surface area contributed by atoms with Crippen LogP contribution in [0, 0.1) is 17.1 Å². The number of nitriles is 1. The summed E-state index contributed by atoms with van der Waals surface area (Å²) in [7, 11) is 1.64. The minimum atomic E-state index is -2.84. The zero-order valence-electron chi connectivity index (χ0n) is 17.5. The SMILES string of the molecule is CN=C(NCc1cc(C#N)ccc1F)NC1CCCN(c2ccc(OC(F)F)cc2)C1.I. The summed E-state index contributed by atoms with van der Waals surface area (Å²) in [4.78, 5) is 6.37. The Morgan fingerprint density at radius 1 is 1.28 bits per heavy atom. The number of hydrogen-bond donors (Lipinski definition) is 2. The molecule has 2 N–H and O–H groups in total. The first kappa shape index (κ1) is 25.6. The molecule has 0 amide bonds. The molecule has 1 aliphatic heterocycles. The highest BCUT2D eigenvalue weighted by Gasteiger charge is 2.21. The van der Waals surface area contributed by atoms with Gasteiger partial charge in [-0.1, -0.05) is 0 Å². The van der Waals surface area contributed by atoms with E-state index in [2.05, 4.69) is 25.3 Å². The molecule has 2 aromatic rings. The van der Waals surface area contributed by atoms with E-state index in [4.69, 9.17) is 5.26 Å². The van der Waals surface area contributed by atoms with E-state index < -0.39 is 6.61 Å². The van der Waals surface area contributed by atoms with Gasteiger partial charge in [0.25, 0.3) is 0 Å². The van der Waals surface area contributed by atoms with Gasteiger partial charge in [-0.05, 0) is 55.3 Å². The second-order valence-electron chi connectivity index (χ2n) is 7.15. The molecule has 0 bridgehead atoms. The van der Waals surface area contributed by atoms with Crippen LogP contribution in [0.5, 0.6) is 5.75 Å². The highest BCUT2D eigenvalue weighted by Crippen LogP contribution is 2.24. The molecule has 2 aromatic carbocycles. The van der Waals surface area contributed by atoms with Crippen molar-refractivity contribution < 1.29 is 17.9 Å². The van der Waals surface area contributed by atoms with E-state index in [1.807, 2.05) is 6.07 Å². The van der Waals surface area contributed by atoms with E-state index in [1.54, 1.807) is 19.2 Å². The number of guanidine groups is 1. The van der Waals surface area contributed by atoms with E-state index in [0.29, 0.717) is 23.6 Å². The second-order valence-corrected chi connectivity index (χ2v) is 7.15. The molecule has 1 saturated heterocycles. The predicted molar refractivity (Wildman–Crippen MR) is 128 cm³/mol. The van der Waals surface area contributed by atoms with Crippen molar-refractivity contribution in [1.82, 2.24) is 10.6 Å². The van der Waals surface area contributed by atoms with Crippen molar-refractivity contribution in [2.45, 2.75) is 32.0 Å². The lowest BCUT2D eigenvalue weighted by Gasteiger charge is -2.35. The summed E-state index contributed by atoms with van der Waals surface area (Å²) in [6.45, 7) is -1.09. The highest BCUT2D eigenvalue weighted by atomic mass is 127. The summed E-state index contributed by atoms with van der Waals surface area (Å²) < 4.78 is 43.0. The van der Waals surface area contributed by atoms with Crippen molar-refractivity contribution in [1.29, 1.82) is 5.26 Å². The van der Waals surface area contributed by atoms with Gasteiger partial charge in [-0.25, -0.2) is 4.39 Å². The van der Waals surface area contributed by atoms with E-state index in [1.165, 1.54) is 30.3 Å². The molecular weight excluding hydrogens is 534 g/mol. The van der Waals surface area contributed by atoms with Gasteiger partial charge in [-0.15, -0.1) is 24.0 Å². The lowest BCUT2D eigenvalue weighted by molar-refractivity contribution is -0.0498. The molecule has 10 heteroatoms. The number of aliphatic imine (C=N–C) groups is 1. The van der Waals surface area contributed by atoms with Gasteiger partial charge in [-0.2, -0.15) is 14.0 Å². The van der Waals surface area contributed by atoms with Gasteiger partial charge in [0, 0.05) is 44.0 Å². The van der Waals surface area contributed by atoms with Crippen molar-refractivity contribution in [2.75, 3.05) is 25.0 Å². The molecule has 6 nitrogen and oxygen atoms in total. The number of nitrogens with one attached hydrogen (secondary N) is 2. The first-order valence-electron chi connectivity index (χ1n) is 9.94. The molecule has 1 heterocycles. The fourth-order valence-corrected chi connectivity index (χ4v) is 3.51. The zero-order chi connectivity index (χ0) is 22.2. The number of nitrogens with zero attached hydrogens (tertiary/aromatic N) is 3. The molecular formula is C22H25F3IN5O. The molecule has 0 aromatic heterocycles. The van der Waals surface area contributed by atoms with Crippen LogP contribution < -0.4 is 20.3 Å². The van der Waals surface area contributed by atoms with E-state index in [-0.39, 0.29) is 48.1 Å². The number of alkyl halides is 2. The summed E-state index contributed by atoms with van der Waals surface area (Å²) in [5.41, 5.74) is 1.71. The Kier molecular flexibility index (Phi) is 9.90. The largest absolute Gasteiger partial charge is 0.435 e. The van der Waals surface area contributed by atoms with E-state index >= 15 is 0 Å². The maximum Gasteiger partial charge on any atom is 0.387 e. The number of halogens is 4. The van der Waals surface area contributed by atoms with Gasteiger partial charge in [0.05, 0.1) is 11.6 Å². The molecule has 172 valence electrons. The average Bonchev–Trinajstić information content (AvgIpc) is 2.78. The van der Waals surface area contributed by atoms with Gasteiger partial charge in [0.2, 0.25) is 0 Å². The highest BCUT2D eigenvalue weighted by molar-refractivity contribution is 14.0. The normalized spacial score (nSPS) is 16.2. The topological polar surface area (TPSA) is 72.7 Å². The Morgan fingerprint density at radius 3 is 2.69 bits per heavy atom. The molecule has 1 unspecified atom stereocenters. The van der Waals surface area contributed by atoms with Crippen LogP contribution >= 0.6 is 24.0 Å². The Morgan fingerprint density at radius 2 is 2.03 bits per heavy atom. The maximum absolute atomic E-state index is 14.0. The van der Waals surface area contributed by atoms with Gasteiger partial charge in [0.1, 0.15) is 11.6 Å². The van der Waals surface area contributed by atoms with Crippen LogP contribution in [-0.4, -0.2) is 38.8 Å². The van der Waals surface area contributed by atoms with E-state index in [9.17, 15) is 13.2 Å². The summed E-state index contributed by atoms with van der Waals surface area (Å²) in [6, 6.07) is 12.9. The number of ether oxygens (including phenoxy) is 1. The van der Waals surface area contributed by atoms with Crippen molar-refractivity contribution in [3.05, 3.63) is 59.4 Å². The summed E-state index contributed by atoms with van der Waals surface area (Å²) in [5.74, 6) is 0.280. The number of anilines is 1. The first-order valence-corrected chi connectivity index (χ1v) is 9.94. The molecule has 1 atom stereocenters. The van der Waals surface area contributed by atoms with Crippen molar-refractivity contribution in [3.63, 3.8) is 0 Å². The third-order valence-electron chi connectivity index (χ3n) is 5.03. The van der Waals surface area contributed by atoms with Crippen LogP contribution in [-0.2, 0) is 6.54 Å². The molecule has 0 radical (unpaired) electrons. The third kappa shape index (κ3) is 7.19.